The number of aliphatic hydroxyl groups is 1. The largest absolute Gasteiger partial charge is 0.396 e. The molecule has 0 aromatic rings. The maximum atomic E-state index is 9.76. The summed E-state index contributed by atoms with van der Waals surface area (Å²) < 4.78 is 0. The van der Waals surface area contributed by atoms with Crippen molar-refractivity contribution in [2.24, 2.45) is 5.41 Å². The fraction of sp³-hybridized carbons (Fsp3) is 0.867. The van der Waals surface area contributed by atoms with Crippen molar-refractivity contribution in [1.29, 1.82) is 0 Å². The van der Waals surface area contributed by atoms with E-state index >= 15 is 0 Å². The van der Waals surface area contributed by atoms with Gasteiger partial charge in [-0.3, -0.25) is 0 Å². The molecule has 0 radical (unpaired) electrons. The van der Waals surface area contributed by atoms with E-state index in [9.17, 15) is 5.11 Å². The fourth-order valence-electron chi connectivity index (χ4n) is 3.02. The summed E-state index contributed by atoms with van der Waals surface area (Å²) in [5.41, 5.74) is 1.49. The van der Waals surface area contributed by atoms with Crippen molar-refractivity contribution < 1.29 is 5.11 Å². The van der Waals surface area contributed by atoms with Crippen molar-refractivity contribution in [2.75, 3.05) is 46.9 Å². The Morgan fingerprint density at radius 1 is 1.39 bits per heavy atom. The molecule has 1 fully saturated rings. The van der Waals surface area contributed by atoms with E-state index in [0.717, 1.165) is 32.5 Å². The predicted octanol–water partition coefficient (Wildman–Crippen LogP) is 1.98. The zero-order valence-corrected chi connectivity index (χ0v) is 12.6. The van der Waals surface area contributed by atoms with Crippen LogP contribution in [0.3, 0.4) is 0 Å². The minimum absolute atomic E-state index is 0.0900. The van der Waals surface area contributed by atoms with E-state index in [1.165, 1.54) is 18.5 Å². The van der Waals surface area contributed by atoms with Crippen LogP contribution >= 0.6 is 0 Å². The van der Waals surface area contributed by atoms with Gasteiger partial charge in [-0.1, -0.05) is 11.6 Å². The second kappa shape index (κ2) is 7.27. The van der Waals surface area contributed by atoms with Gasteiger partial charge in [0, 0.05) is 25.0 Å². The third kappa shape index (κ3) is 5.09. The molecule has 3 heteroatoms. The highest BCUT2D eigenvalue weighted by Gasteiger charge is 2.35. The molecule has 0 amide bonds. The van der Waals surface area contributed by atoms with Gasteiger partial charge in [0.15, 0.2) is 0 Å². The Morgan fingerprint density at radius 3 is 2.67 bits per heavy atom. The molecule has 1 N–H and O–H groups in total. The van der Waals surface area contributed by atoms with Crippen LogP contribution in [-0.4, -0.2) is 61.8 Å². The summed E-state index contributed by atoms with van der Waals surface area (Å²) in [6, 6.07) is 0. The number of hydrogen-bond acceptors (Lipinski definition) is 3. The lowest BCUT2D eigenvalue weighted by Crippen LogP contribution is -2.50. The second-order valence-electron chi connectivity index (χ2n) is 6.35. The van der Waals surface area contributed by atoms with Crippen LogP contribution in [0.2, 0.25) is 0 Å². The Hall–Kier alpha value is -0.380. The van der Waals surface area contributed by atoms with Crippen molar-refractivity contribution in [1.82, 2.24) is 9.80 Å². The number of nitrogens with zero attached hydrogens (tertiary/aromatic N) is 2. The molecule has 106 valence electrons. The summed E-state index contributed by atoms with van der Waals surface area (Å²) in [4.78, 5) is 4.72. The van der Waals surface area contributed by atoms with Gasteiger partial charge >= 0.3 is 0 Å². The van der Waals surface area contributed by atoms with Crippen LogP contribution in [0.5, 0.6) is 0 Å². The summed E-state index contributed by atoms with van der Waals surface area (Å²) in [6.45, 7) is 8.96. The molecule has 3 nitrogen and oxygen atoms in total. The number of hydrogen-bond donors (Lipinski definition) is 1. The molecule has 1 aliphatic heterocycles. The Labute approximate surface area is 112 Å². The number of piperidine rings is 1. The van der Waals surface area contributed by atoms with E-state index in [1.807, 2.05) is 0 Å². The van der Waals surface area contributed by atoms with Crippen molar-refractivity contribution in [3.8, 4) is 0 Å². The van der Waals surface area contributed by atoms with E-state index < -0.39 is 0 Å². The molecule has 0 aromatic carbocycles. The van der Waals surface area contributed by atoms with Gasteiger partial charge in [-0.05, 0) is 53.8 Å². The molecular formula is C15H30N2O. The molecule has 1 rings (SSSR count). The first-order chi connectivity index (χ1) is 8.47. The normalized spacial score (nSPS) is 25.4. The van der Waals surface area contributed by atoms with Crippen molar-refractivity contribution in [3.63, 3.8) is 0 Å². The molecule has 1 aliphatic rings. The van der Waals surface area contributed by atoms with E-state index in [0.29, 0.717) is 6.61 Å². The molecule has 0 spiro atoms. The predicted molar refractivity (Wildman–Crippen MR) is 77.8 cm³/mol. The monoisotopic (exact) mass is 254 g/mol. The van der Waals surface area contributed by atoms with Crippen LogP contribution in [0.25, 0.3) is 0 Å². The van der Waals surface area contributed by atoms with Gasteiger partial charge in [0.1, 0.15) is 0 Å². The third-order valence-electron chi connectivity index (χ3n) is 3.73. The molecule has 0 bridgehead atoms. The summed E-state index contributed by atoms with van der Waals surface area (Å²) >= 11 is 0. The summed E-state index contributed by atoms with van der Waals surface area (Å²) in [7, 11) is 4.19. The van der Waals surface area contributed by atoms with Gasteiger partial charge in [0.2, 0.25) is 0 Å². The SMILES string of the molecule is CC(C)=CCCN1CCCC(CO)(CN(C)C)C1. The quantitative estimate of drug-likeness (QED) is 0.734. The first-order valence-corrected chi connectivity index (χ1v) is 7.09. The number of likely N-dealkylation sites (tertiary alicyclic amines) is 1. The second-order valence-corrected chi connectivity index (χ2v) is 6.35. The van der Waals surface area contributed by atoms with Crippen LogP contribution in [0, 0.1) is 5.41 Å². The van der Waals surface area contributed by atoms with Crippen LogP contribution in [0.4, 0.5) is 0 Å². The van der Waals surface area contributed by atoms with Crippen molar-refractivity contribution >= 4 is 0 Å². The van der Waals surface area contributed by atoms with Crippen LogP contribution < -0.4 is 0 Å². The maximum absolute atomic E-state index is 9.76. The third-order valence-corrected chi connectivity index (χ3v) is 3.73. The number of allylic oxidation sites excluding steroid dienone is 1. The highest BCUT2D eigenvalue weighted by Crippen LogP contribution is 2.30. The molecule has 0 saturated carbocycles. The Balaban J connectivity index is 2.50. The van der Waals surface area contributed by atoms with Gasteiger partial charge in [-0.25, -0.2) is 0 Å². The lowest BCUT2D eigenvalue weighted by atomic mass is 9.80. The Kier molecular flexibility index (Phi) is 6.33. The first-order valence-electron chi connectivity index (χ1n) is 7.09. The fourth-order valence-corrected chi connectivity index (χ4v) is 3.02. The molecule has 0 aliphatic carbocycles. The molecule has 1 atom stereocenters. The molecule has 1 unspecified atom stereocenters. The molecule has 1 heterocycles. The van der Waals surface area contributed by atoms with E-state index in [2.05, 4.69) is 43.8 Å². The average molecular weight is 254 g/mol. The van der Waals surface area contributed by atoms with Crippen molar-refractivity contribution in [2.45, 2.75) is 33.1 Å². The van der Waals surface area contributed by atoms with E-state index in [4.69, 9.17) is 0 Å². The van der Waals surface area contributed by atoms with Crippen LogP contribution in [0.1, 0.15) is 33.1 Å². The van der Waals surface area contributed by atoms with Crippen molar-refractivity contribution in [3.05, 3.63) is 11.6 Å². The first kappa shape index (κ1) is 15.7. The summed E-state index contributed by atoms with van der Waals surface area (Å²) in [6.07, 6.45) is 5.80. The summed E-state index contributed by atoms with van der Waals surface area (Å²) in [5.74, 6) is 0. The van der Waals surface area contributed by atoms with E-state index in [1.54, 1.807) is 0 Å². The minimum atomic E-state index is 0.0900. The topological polar surface area (TPSA) is 26.7 Å². The standard InChI is InChI=1S/C15H30N2O/c1-14(2)7-5-9-17-10-6-8-15(12-17,13-18)11-16(3)4/h7,18H,5-6,8-13H2,1-4H3. The van der Waals surface area contributed by atoms with E-state index in [-0.39, 0.29) is 5.41 Å². The average Bonchev–Trinajstić information content (AvgIpc) is 2.28. The number of aliphatic hydroxyl groups excluding tert-OH is 1. The van der Waals surface area contributed by atoms with Gasteiger partial charge in [-0.15, -0.1) is 0 Å². The Morgan fingerprint density at radius 2 is 2.11 bits per heavy atom. The van der Waals surface area contributed by atoms with Crippen LogP contribution in [0.15, 0.2) is 11.6 Å². The van der Waals surface area contributed by atoms with Crippen LogP contribution in [-0.2, 0) is 0 Å². The lowest BCUT2D eigenvalue weighted by Gasteiger charge is -2.43. The minimum Gasteiger partial charge on any atom is -0.396 e. The molecule has 1 saturated heterocycles. The summed E-state index contributed by atoms with van der Waals surface area (Å²) in [5, 5.41) is 9.76. The lowest BCUT2D eigenvalue weighted by molar-refractivity contribution is 0.0142. The van der Waals surface area contributed by atoms with Gasteiger partial charge in [0.05, 0.1) is 6.61 Å². The highest BCUT2D eigenvalue weighted by molar-refractivity contribution is 4.94. The zero-order valence-electron chi connectivity index (χ0n) is 12.6. The number of rotatable bonds is 6. The highest BCUT2D eigenvalue weighted by atomic mass is 16.3. The zero-order chi connectivity index (χ0) is 13.6. The van der Waals surface area contributed by atoms with Gasteiger partial charge in [-0.2, -0.15) is 0 Å². The molecular weight excluding hydrogens is 224 g/mol. The van der Waals surface area contributed by atoms with Gasteiger partial charge < -0.3 is 14.9 Å². The molecule has 0 aromatic heterocycles. The Bertz CT molecular complexity index is 272. The van der Waals surface area contributed by atoms with Gasteiger partial charge in [0.25, 0.3) is 0 Å². The smallest absolute Gasteiger partial charge is 0.0512 e. The molecule has 18 heavy (non-hydrogen) atoms. The maximum Gasteiger partial charge on any atom is 0.0512 e.